The minimum atomic E-state index is -0.345. The van der Waals surface area contributed by atoms with Crippen molar-refractivity contribution in [2.24, 2.45) is 0 Å². The SMILES string of the molecule is CC1(C)CN(c2ccc(Br)cc2[N+](=O)[O-])CCO1. The summed E-state index contributed by atoms with van der Waals surface area (Å²) in [4.78, 5) is 12.8. The van der Waals surface area contributed by atoms with E-state index in [1.165, 1.54) is 6.07 Å². The molecule has 1 aromatic rings. The second-order valence-electron chi connectivity index (χ2n) is 4.92. The first-order valence-electron chi connectivity index (χ1n) is 5.72. The third-order valence-electron chi connectivity index (χ3n) is 2.90. The topological polar surface area (TPSA) is 55.6 Å². The molecule has 0 N–H and O–H groups in total. The van der Waals surface area contributed by atoms with Crippen molar-refractivity contribution < 1.29 is 9.66 Å². The summed E-state index contributed by atoms with van der Waals surface area (Å²) in [7, 11) is 0. The van der Waals surface area contributed by atoms with E-state index in [9.17, 15) is 10.1 Å². The Labute approximate surface area is 114 Å². The third-order valence-corrected chi connectivity index (χ3v) is 3.39. The van der Waals surface area contributed by atoms with Gasteiger partial charge in [-0.15, -0.1) is 0 Å². The molecule has 1 heterocycles. The van der Waals surface area contributed by atoms with Gasteiger partial charge in [-0.25, -0.2) is 0 Å². The number of nitro benzene ring substituents is 1. The molecule has 0 bridgehead atoms. The average molecular weight is 315 g/mol. The molecule has 6 heteroatoms. The van der Waals surface area contributed by atoms with Crippen LogP contribution in [-0.4, -0.2) is 30.2 Å². The second kappa shape index (κ2) is 4.85. The molecule has 0 radical (unpaired) electrons. The highest BCUT2D eigenvalue weighted by molar-refractivity contribution is 9.10. The van der Waals surface area contributed by atoms with Crippen LogP contribution in [0.3, 0.4) is 0 Å². The molecule has 0 amide bonds. The second-order valence-corrected chi connectivity index (χ2v) is 5.84. The summed E-state index contributed by atoms with van der Waals surface area (Å²) < 4.78 is 6.33. The fourth-order valence-electron chi connectivity index (χ4n) is 2.13. The van der Waals surface area contributed by atoms with E-state index in [4.69, 9.17) is 4.74 Å². The van der Waals surface area contributed by atoms with Crippen molar-refractivity contribution >= 4 is 27.3 Å². The van der Waals surface area contributed by atoms with E-state index in [-0.39, 0.29) is 16.2 Å². The lowest BCUT2D eigenvalue weighted by atomic mass is 10.1. The Morgan fingerprint density at radius 3 is 2.83 bits per heavy atom. The first-order chi connectivity index (χ1) is 8.39. The van der Waals surface area contributed by atoms with Gasteiger partial charge in [0.2, 0.25) is 0 Å². The molecule has 1 fully saturated rings. The lowest BCUT2D eigenvalue weighted by Crippen LogP contribution is -2.48. The Hall–Kier alpha value is -1.14. The number of hydrogen-bond acceptors (Lipinski definition) is 4. The van der Waals surface area contributed by atoms with E-state index >= 15 is 0 Å². The maximum absolute atomic E-state index is 11.1. The van der Waals surface area contributed by atoms with Crippen molar-refractivity contribution in [3.05, 3.63) is 32.8 Å². The zero-order valence-corrected chi connectivity index (χ0v) is 11.9. The van der Waals surface area contributed by atoms with Gasteiger partial charge in [0.05, 0.1) is 17.1 Å². The molecular weight excluding hydrogens is 300 g/mol. The molecule has 1 aromatic carbocycles. The molecular formula is C12H15BrN2O3. The van der Waals surface area contributed by atoms with Gasteiger partial charge < -0.3 is 9.64 Å². The maximum atomic E-state index is 11.1. The van der Waals surface area contributed by atoms with Crippen molar-refractivity contribution in [1.29, 1.82) is 0 Å². The van der Waals surface area contributed by atoms with Gasteiger partial charge >= 0.3 is 0 Å². The highest BCUT2D eigenvalue weighted by Crippen LogP contribution is 2.33. The molecule has 18 heavy (non-hydrogen) atoms. The first-order valence-corrected chi connectivity index (χ1v) is 6.51. The van der Waals surface area contributed by atoms with E-state index in [1.807, 2.05) is 24.8 Å². The molecule has 98 valence electrons. The smallest absolute Gasteiger partial charge is 0.293 e. The zero-order chi connectivity index (χ0) is 13.3. The van der Waals surface area contributed by atoms with Crippen molar-refractivity contribution in [1.82, 2.24) is 0 Å². The molecule has 1 aliphatic rings. The third kappa shape index (κ3) is 2.81. The summed E-state index contributed by atoms with van der Waals surface area (Å²) in [5, 5.41) is 11.1. The van der Waals surface area contributed by atoms with E-state index in [1.54, 1.807) is 6.07 Å². The standard InChI is InChI=1S/C12H15BrN2O3/c1-12(2)8-14(5-6-18-12)10-4-3-9(13)7-11(10)15(16)17/h3-4,7H,5-6,8H2,1-2H3. The summed E-state index contributed by atoms with van der Waals surface area (Å²) >= 11 is 3.26. The van der Waals surface area contributed by atoms with Crippen LogP contribution in [0.2, 0.25) is 0 Å². The summed E-state index contributed by atoms with van der Waals surface area (Å²) in [6.45, 7) is 5.88. The average Bonchev–Trinajstić information content (AvgIpc) is 2.27. The molecule has 0 unspecified atom stereocenters. The number of anilines is 1. The number of hydrogen-bond donors (Lipinski definition) is 0. The Balaban J connectivity index is 2.35. The van der Waals surface area contributed by atoms with Gasteiger partial charge in [-0.2, -0.15) is 0 Å². The molecule has 1 aliphatic heterocycles. The van der Waals surface area contributed by atoms with E-state index in [0.717, 1.165) is 0 Å². The molecule has 0 aliphatic carbocycles. The zero-order valence-electron chi connectivity index (χ0n) is 10.4. The van der Waals surface area contributed by atoms with Crippen molar-refractivity contribution in [2.45, 2.75) is 19.4 Å². The maximum Gasteiger partial charge on any atom is 0.293 e. The lowest BCUT2D eigenvalue weighted by molar-refractivity contribution is -0.384. The lowest BCUT2D eigenvalue weighted by Gasteiger charge is -2.39. The highest BCUT2D eigenvalue weighted by atomic mass is 79.9. The predicted octanol–water partition coefficient (Wildman–Crippen LogP) is 2.97. The van der Waals surface area contributed by atoms with Gasteiger partial charge in [0, 0.05) is 23.6 Å². The number of rotatable bonds is 2. The molecule has 1 saturated heterocycles. The van der Waals surface area contributed by atoms with Gasteiger partial charge in [-0.05, 0) is 26.0 Å². The molecule has 0 atom stereocenters. The van der Waals surface area contributed by atoms with E-state index in [0.29, 0.717) is 29.9 Å². The van der Waals surface area contributed by atoms with Crippen LogP contribution in [0.15, 0.2) is 22.7 Å². The van der Waals surface area contributed by atoms with E-state index in [2.05, 4.69) is 15.9 Å². The van der Waals surface area contributed by atoms with Crippen LogP contribution in [0, 0.1) is 10.1 Å². The number of ether oxygens (including phenoxy) is 1. The summed E-state index contributed by atoms with van der Waals surface area (Å²) in [5.41, 5.74) is 0.501. The summed E-state index contributed by atoms with van der Waals surface area (Å²) in [6.07, 6.45) is 0. The minimum absolute atomic E-state index is 0.127. The van der Waals surface area contributed by atoms with Gasteiger partial charge in [-0.3, -0.25) is 10.1 Å². The largest absolute Gasteiger partial charge is 0.372 e. The molecule has 0 aromatic heterocycles. The fourth-order valence-corrected chi connectivity index (χ4v) is 2.48. The Kier molecular flexibility index (Phi) is 3.59. The van der Waals surface area contributed by atoms with Gasteiger partial charge in [-0.1, -0.05) is 15.9 Å². The number of nitro groups is 1. The number of benzene rings is 1. The van der Waals surface area contributed by atoms with Gasteiger partial charge in [0.15, 0.2) is 0 Å². The van der Waals surface area contributed by atoms with Crippen molar-refractivity contribution in [3.63, 3.8) is 0 Å². The van der Waals surface area contributed by atoms with Crippen LogP contribution in [-0.2, 0) is 4.74 Å². The number of nitrogens with zero attached hydrogens (tertiary/aromatic N) is 2. The van der Waals surface area contributed by atoms with Crippen molar-refractivity contribution in [2.75, 3.05) is 24.6 Å². The van der Waals surface area contributed by atoms with Crippen LogP contribution in [0.4, 0.5) is 11.4 Å². The highest BCUT2D eigenvalue weighted by Gasteiger charge is 2.30. The Morgan fingerprint density at radius 1 is 1.50 bits per heavy atom. The first kappa shape index (κ1) is 13.3. The molecule has 2 rings (SSSR count). The molecule has 0 saturated carbocycles. The van der Waals surface area contributed by atoms with Crippen LogP contribution in [0.5, 0.6) is 0 Å². The predicted molar refractivity (Wildman–Crippen MR) is 73.0 cm³/mol. The Morgan fingerprint density at radius 2 is 2.22 bits per heavy atom. The van der Waals surface area contributed by atoms with Crippen molar-refractivity contribution in [3.8, 4) is 0 Å². The molecule has 0 spiro atoms. The van der Waals surface area contributed by atoms with Gasteiger partial charge in [0.1, 0.15) is 5.69 Å². The quantitative estimate of drug-likeness (QED) is 0.622. The minimum Gasteiger partial charge on any atom is -0.372 e. The Bertz CT molecular complexity index is 476. The van der Waals surface area contributed by atoms with Gasteiger partial charge in [0.25, 0.3) is 5.69 Å². The molecule has 5 nitrogen and oxygen atoms in total. The number of morpholine rings is 1. The fraction of sp³-hybridized carbons (Fsp3) is 0.500. The van der Waals surface area contributed by atoms with Crippen LogP contribution in [0.1, 0.15) is 13.8 Å². The van der Waals surface area contributed by atoms with E-state index < -0.39 is 0 Å². The number of halogens is 1. The van der Waals surface area contributed by atoms with Crippen LogP contribution < -0.4 is 4.90 Å². The monoisotopic (exact) mass is 314 g/mol. The summed E-state index contributed by atoms with van der Waals surface area (Å²) in [5.74, 6) is 0. The summed E-state index contributed by atoms with van der Waals surface area (Å²) in [6, 6.07) is 5.15. The van der Waals surface area contributed by atoms with Crippen LogP contribution >= 0.6 is 15.9 Å². The van der Waals surface area contributed by atoms with Crippen LogP contribution in [0.25, 0.3) is 0 Å². The normalized spacial score (nSPS) is 18.7.